The van der Waals surface area contributed by atoms with E-state index in [9.17, 15) is 5.11 Å². The maximum absolute atomic E-state index is 9.49. The summed E-state index contributed by atoms with van der Waals surface area (Å²) in [5.74, 6) is 0. The molecule has 2 atom stereocenters. The van der Waals surface area contributed by atoms with Crippen LogP contribution in [0.15, 0.2) is 24.3 Å². The van der Waals surface area contributed by atoms with E-state index >= 15 is 0 Å². The third kappa shape index (κ3) is 3.28. The summed E-state index contributed by atoms with van der Waals surface area (Å²) in [7, 11) is 2.01. The van der Waals surface area contributed by atoms with E-state index in [0.29, 0.717) is 12.1 Å². The first-order chi connectivity index (χ1) is 9.30. The van der Waals surface area contributed by atoms with E-state index in [0.717, 1.165) is 19.4 Å². The van der Waals surface area contributed by atoms with Gasteiger partial charge in [-0.25, -0.2) is 0 Å². The lowest BCUT2D eigenvalue weighted by Crippen LogP contribution is -2.41. The summed E-state index contributed by atoms with van der Waals surface area (Å²) in [6, 6.07) is 9.55. The number of hydrogen-bond acceptors (Lipinski definition) is 3. The fraction of sp³-hybridized carbons (Fsp3) is 0.625. The Kier molecular flexibility index (Phi) is 5.23. The smallest absolute Gasteiger partial charge is 0.0635 e. The third-order valence-corrected chi connectivity index (χ3v) is 4.22. The molecule has 0 spiro atoms. The van der Waals surface area contributed by atoms with Gasteiger partial charge in [-0.2, -0.15) is 0 Å². The zero-order valence-corrected chi connectivity index (χ0v) is 12.1. The van der Waals surface area contributed by atoms with Gasteiger partial charge < -0.3 is 15.3 Å². The molecule has 1 fully saturated rings. The second-order valence-corrected chi connectivity index (χ2v) is 5.37. The van der Waals surface area contributed by atoms with E-state index in [4.69, 9.17) is 0 Å². The summed E-state index contributed by atoms with van der Waals surface area (Å²) in [6.45, 7) is 3.52. The largest absolute Gasteiger partial charge is 0.394 e. The number of anilines is 1. The molecule has 3 nitrogen and oxygen atoms in total. The molecule has 2 rings (SSSR count). The zero-order chi connectivity index (χ0) is 13.7. The molecule has 2 N–H and O–H groups in total. The zero-order valence-electron chi connectivity index (χ0n) is 12.1. The van der Waals surface area contributed by atoms with E-state index in [1.54, 1.807) is 0 Å². The summed E-state index contributed by atoms with van der Waals surface area (Å²) in [5, 5.41) is 12.8. The van der Waals surface area contributed by atoms with Crippen LogP contribution in [0.25, 0.3) is 0 Å². The molecule has 0 radical (unpaired) electrons. The van der Waals surface area contributed by atoms with Crippen LogP contribution in [-0.2, 0) is 0 Å². The minimum absolute atomic E-state index is 0.260. The van der Waals surface area contributed by atoms with Crippen molar-refractivity contribution in [1.29, 1.82) is 0 Å². The van der Waals surface area contributed by atoms with Crippen LogP contribution in [0.2, 0.25) is 0 Å². The number of nitrogens with zero attached hydrogens (tertiary/aromatic N) is 1. The van der Waals surface area contributed by atoms with Gasteiger partial charge in [0.2, 0.25) is 0 Å². The lowest BCUT2D eigenvalue weighted by Gasteiger charge is -2.36. The van der Waals surface area contributed by atoms with Gasteiger partial charge in [-0.05, 0) is 50.4 Å². The quantitative estimate of drug-likeness (QED) is 0.856. The summed E-state index contributed by atoms with van der Waals surface area (Å²) in [4.78, 5) is 2.35. The van der Waals surface area contributed by atoms with Crippen molar-refractivity contribution in [2.45, 2.75) is 44.7 Å². The molecule has 0 bridgehead atoms. The number of nitrogens with one attached hydrogen (secondary N) is 1. The van der Waals surface area contributed by atoms with Crippen molar-refractivity contribution >= 4 is 5.69 Å². The highest BCUT2D eigenvalue weighted by molar-refractivity contribution is 5.49. The molecular formula is C16H26N2O. The third-order valence-electron chi connectivity index (χ3n) is 4.22. The van der Waals surface area contributed by atoms with Crippen molar-refractivity contribution in [3.63, 3.8) is 0 Å². The molecular weight excluding hydrogens is 236 g/mol. The Morgan fingerprint density at radius 1 is 1.32 bits per heavy atom. The molecule has 0 amide bonds. The van der Waals surface area contributed by atoms with E-state index in [2.05, 4.69) is 41.4 Å². The van der Waals surface area contributed by atoms with Crippen LogP contribution in [0.3, 0.4) is 0 Å². The molecule has 1 saturated heterocycles. The van der Waals surface area contributed by atoms with Crippen molar-refractivity contribution in [3.8, 4) is 0 Å². The molecule has 3 heteroatoms. The minimum atomic E-state index is 0.260. The second kappa shape index (κ2) is 6.92. The van der Waals surface area contributed by atoms with Gasteiger partial charge in [0, 0.05) is 18.3 Å². The lowest BCUT2D eigenvalue weighted by atomic mass is 10.00. The van der Waals surface area contributed by atoms with Crippen LogP contribution >= 0.6 is 0 Å². The Morgan fingerprint density at radius 3 is 2.63 bits per heavy atom. The Bertz CT molecular complexity index is 373. The van der Waals surface area contributed by atoms with Gasteiger partial charge in [0.25, 0.3) is 0 Å². The Morgan fingerprint density at radius 2 is 2.05 bits per heavy atom. The van der Waals surface area contributed by atoms with Crippen molar-refractivity contribution in [1.82, 2.24) is 5.32 Å². The monoisotopic (exact) mass is 262 g/mol. The maximum Gasteiger partial charge on any atom is 0.0635 e. The molecule has 0 saturated carbocycles. The van der Waals surface area contributed by atoms with Gasteiger partial charge in [-0.15, -0.1) is 0 Å². The number of rotatable bonds is 5. The predicted molar refractivity (Wildman–Crippen MR) is 80.6 cm³/mol. The molecule has 106 valence electrons. The average molecular weight is 262 g/mol. The lowest BCUT2D eigenvalue weighted by molar-refractivity contribution is 0.240. The normalized spacial score (nSPS) is 21.4. The second-order valence-electron chi connectivity index (χ2n) is 5.37. The summed E-state index contributed by atoms with van der Waals surface area (Å²) >= 11 is 0. The fourth-order valence-electron chi connectivity index (χ4n) is 3.03. The number of aliphatic hydroxyl groups is 1. The van der Waals surface area contributed by atoms with Crippen LogP contribution in [0.1, 0.15) is 44.2 Å². The van der Waals surface area contributed by atoms with Gasteiger partial charge in [-0.1, -0.05) is 19.1 Å². The molecule has 1 heterocycles. The number of hydrogen-bond donors (Lipinski definition) is 2. The van der Waals surface area contributed by atoms with Crippen molar-refractivity contribution in [2.24, 2.45) is 0 Å². The van der Waals surface area contributed by atoms with Crippen LogP contribution in [0.4, 0.5) is 5.69 Å². The molecule has 19 heavy (non-hydrogen) atoms. The van der Waals surface area contributed by atoms with Gasteiger partial charge >= 0.3 is 0 Å². The Balaban J connectivity index is 2.12. The molecule has 1 aliphatic rings. The molecule has 1 aliphatic heterocycles. The fourth-order valence-corrected chi connectivity index (χ4v) is 3.03. The number of piperidine rings is 1. The molecule has 1 aromatic rings. The summed E-state index contributed by atoms with van der Waals surface area (Å²) in [5.41, 5.74) is 2.58. The topological polar surface area (TPSA) is 35.5 Å². The Labute approximate surface area is 116 Å². The first kappa shape index (κ1) is 14.4. The van der Waals surface area contributed by atoms with Crippen LogP contribution in [0, 0.1) is 0 Å². The molecule has 0 aromatic heterocycles. The van der Waals surface area contributed by atoms with Crippen LogP contribution in [0.5, 0.6) is 0 Å². The summed E-state index contributed by atoms with van der Waals surface area (Å²) in [6.07, 6.45) is 4.66. The minimum Gasteiger partial charge on any atom is -0.394 e. The first-order valence-corrected chi connectivity index (χ1v) is 7.44. The summed E-state index contributed by atoms with van der Waals surface area (Å²) < 4.78 is 0. The first-order valence-electron chi connectivity index (χ1n) is 7.44. The van der Waals surface area contributed by atoms with Gasteiger partial charge in [-0.3, -0.25) is 0 Å². The van der Waals surface area contributed by atoms with E-state index < -0.39 is 0 Å². The Hall–Kier alpha value is -1.06. The molecule has 0 aliphatic carbocycles. The van der Waals surface area contributed by atoms with Gasteiger partial charge in [0.1, 0.15) is 0 Å². The molecule has 2 unspecified atom stereocenters. The van der Waals surface area contributed by atoms with E-state index in [-0.39, 0.29) is 6.61 Å². The van der Waals surface area contributed by atoms with Gasteiger partial charge in [0.05, 0.1) is 12.6 Å². The van der Waals surface area contributed by atoms with Gasteiger partial charge in [0.15, 0.2) is 0 Å². The van der Waals surface area contributed by atoms with Crippen LogP contribution < -0.4 is 10.2 Å². The van der Waals surface area contributed by atoms with Crippen molar-refractivity contribution in [3.05, 3.63) is 29.8 Å². The SMILES string of the molecule is CCC(NC)c1ccc(N2CCCCC2CO)cc1. The van der Waals surface area contributed by atoms with Crippen LogP contribution in [-0.4, -0.2) is 31.3 Å². The molecule has 1 aromatic carbocycles. The number of aliphatic hydroxyl groups excluding tert-OH is 1. The van der Waals surface area contributed by atoms with E-state index in [1.165, 1.54) is 24.1 Å². The van der Waals surface area contributed by atoms with Crippen molar-refractivity contribution in [2.75, 3.05) is 25.1 Å². The highest BCUT2D eigenvalue weighted by atomic mass is 16.3. The maximum atomic E-state index is 9.49. The van der Waals surface area contributed by atoms with E-state index in [1.807, 2.05) is 7.05 Å². The number of benzene rings is 1. The average Bonchev–Trinajstić information content (AvgIpc) is 2.49. The highest BCUT2D eigenvalue weighted by Crippen LogP contribution is 2.26. The predicted octanol–water partition coefficient (Wildman–Crippen LogP) is 2.71. The standard InChI is InChI=1S/C16H26N2O/c1-3-16(17-2)13-7-9-14(10-8-13)18-11-5-4-6-15(18)12-19/h7-10,15-17,19H,3-6,11-12H2,1-2H3. The van der Waals surface area contributed by atoms with Crippen molar-refractivity contribution < 1.29 is 5.11 Å². The highest BCUT2D eigenvalue weighted by Gasteiger charge is 2.21.